The van der Waals surface area contributed by atoms with Crippen molar-refractivity contribution in [1.29, 1.82) is 0 Å². The highest BCUT2D eigenvalue weighted by atomic mass is 32.1. The lowest BCUT2D eigenvalue weighted by atomic mass is 10.1. The first kappa shape index (κ1) is 16.9. The van der Waals surface area contributed by atoms with Crippen LogP contribution in [0.1, 0.15) is 41.6 Å². The summed E-state index contributed by atoms with van der Waals surface area (Å²) in [5.74, 6) is 1.11. The third kappa shape index (κ3) is 3.14. The molecule has 1 saturated heterocycles. The molecule has 0 saturated carbocycles. The summed E-state index contributed by atoms with van der Waals surface area (Å²) in [6, 6.07) is 7.87. The molecular weight excluding hydrogens is 348 g/mol. The Hall–Kier alpha value is -2.54. The Morgan fingerprint density at radius 3 is 2.92 bits per heavy atom. The van der Waals surface area contributed by atoms with E-state index >= 15 is 0 Å². The molecule has 6 nitrogen and oxygen atoms in total. The molecule has 4 rings (SSSR count). The van der Waals surface area contributed by atoms with Crippen molar-refractivity contribution in [2.45, 2.75) is 39.2 Å². The predicted octanol–water partition coefficient (Wildman–Crippen LogP) is 3.72. The number of carbonyl (C=O) groups is 1. The van der Waals surface area contributed by atoms with Crippen LogP contribution in [0.2, 0.25) is 0 Å². The number of carbonyl (C=O) groups excluding carboxylic acids is 1. The molecule has 134 valence electrons. The Labute approximate surface area is 155 Å². The van der Waals surface area contributed by atoms with Gasteiger partial charge in [0.05, 0.1) is 17.6 Å². The summed E-state index contributed by atoms with van der Waals surface area (Å²) in [5.41, 5.74) is 4.85. The van der Waals surface area contributed by atoms with Crippen molar-refractivity contribution in [3.63, 3.8) is 0 Å². The molecule has 0 bridgehead atoms. The maximum absolute atomic E-state index is 12.9. The maximum Gasteiger partial charge on any atom is 0.259 e. The molecule has 7 heteroatoms. The van der Waals surface area contributed by atoms with Crippen LogP contribution >= 0.6 is 11.3 Å². The topological polar surface area (TPSA) is 72.1 Å². The van der Waals surface area contributed by atoms with Gasteiger partial charge in [-0.15, -0.1) is 21.5 Å². The summed E-state index contributed by atoms with van der Waals surface area (Å²) in [6.45, 7) is 4.68. The number of amides is 1. The minimum Gasteiger partial charge on any atom is -0.418 e. The summed E-state index contributed by atoms with van der Waals surface area (Å²) >= 11 is 1.48. The first-order valence-electron chi connectivity index (χ1n) is 8.71. The monoisotopic (exact) mass is 368 g/mol. The van der Waals surface area contributed by atoms with Crippen molar-refractivity contribution in [2.75, 3.05) is 6.54 Å². The number of nitrogens with zero attached hydrogens (tertiary/aromatic N) is 4. The second-order valence-corrected chi connectivity index (χ2v) is 7.42. The highest BCUT2D eigenvalue weighted by Gasteiger charge is 2.34. The molecule has 2 aromatic heterocycles. The Morgan fingerprint density at radius 2 is 2.15 bits per heavy atom. The molecule has 0 aliphatic carbocycles. The van der Waals surface area contributed by atoms with Gasteiger partial charge in [-0.3, -0.25) is 4.79 Å². The molecule has 1 atom stereocenters. The fourth-order valence-electron chi connectivity index (χ4n) is 3.36. The molecule has 1 aromatic carbocycles. The fourth-order valence-corrected chi connectivity index (χ4v) is 4.09. The predicted molar refractivity (Wildman–Crippen MR) is 98.7 cm³/mol. The van der Waals surface area contributed by atoms with E-state index in [9.17, 15) is 4.79 Å². The van der Waals surface area contributed by atoms with Gasteiger partial charge < -0.3 is 9.32 Å². The van der Waals surface area contributed by atoms with E-state index in [2.05, 4.69) is 15.2 Å². The van der Waals surface area contributed by atoms with Gasteiger partial charge in [-0.1, -0.05) is 24.3 Å². The van der Waals surface area contributed by atoms with E-state index in [0.29, 0.717) is 18.2 Å². The van der Waals surface area contributed by atoms with Crippen molar-refractivity contribution in [3.05, 3.63) is 52.5 Å². The molecule has 3 heterocycles. The first-order valence-corrected chi connectivity index (χ1v) is 9.59. The van der Waals surface area contributed by atoms with Crippen LogP contribution < -0.4 is 0 Å². The number of aromatic nitrogens is 3. The normalized spacial score (nSPS) is 17.0. The third-order valence-electron chi connectivity index (χ3n) is 4.84. The van der Waals surface area contributed by atoms with Crippen LogP contribution in [0, 0.1) is 13.8 Å². The van der Waals surface area contributed by atoms with Crippen LogP contribution in [0.5, 0.6) is 0 Å². The molecule has 1 aliphatic heterocycles. The van der Waals surface area contributed by atoms with Crippen LogP contribution in [0.4, 0.5) is 0 Å². The van der Waals surface area contributed by atoms with Gasteiger partial charge in [-0.25, -0.2) is 4.98 Å². The van der Waals surface area contributed by atoms with Gasteiger partial charge in [-0.05, 0) is 37.8 Å². The van der Waals surface area contributed by atoms with Crippen molar-refractivity contribution in [2.24, 2.45) is 0 Å². The quantitative estimate of drug-likeness (QED) is 0.702. The van der Waals surface area contributed by atoms with Gasteiger partial charge in [0.15, 0.2) is 0 Å². The largest absolute Gasteiger partial charge is 0.418 e. The van der Waals surface area contributed by atoms with Gasteiger partial charge in [-0.2, -0.15) is 0 Å². The minimum absolute atomic E-state index is 0.107. The van der Waals surface area contributed by atoms with Crippen molar-refractivity contribution in [3.8, 4) is 10.8 Å². The summed E-state index contributed by atoms with van der Waals surface area (Å²) in [6.07, 6.45) is 2.20. The van der Waals surface area contributed by atoms with E-state index < -0.39 is 0 Å². The number of aryl methyl sites for hydroxylation is 2. The van der Waals surface area contributed by atoms with E-state index in [0.717, 1.165) is 41.1 Å². The summed E-state index contributed by atoms with van der Waals surface area (Å²) in [7, 11) is 0. The zero-order valence-corrected chi connectivity index (χ0v) is 15.6. The molecule has 0 radical (unpaired) electrons. The van der Waals surface area contributed by atoms with E-state index in [1.807, 2.05) is 43.0 Å². The molecular formula is C19H20N4O2S. The molecule has 0 spiro atoms. The summed E-state index contributed by atoms with van der Waals surface area (Å²) < 4.78 is 5.90. The SMILES string of the molecule is Cc1ccccc1CC(=O)N1CCCC1c1nnc(-c2scnc2C)o1. The van der Waals surface area contributed by atoms with Gasteiger partial charge in [0.2, 0.25) is 11.8 Å². The Bertz CT molecular complexity index is 933. The van der Waals surface area contributed by atoms with Gasteiger partial charge in [0, 0.05) is 6.54 Å². The second-order valence-electron chi connectivity index (χ2n) is 6.56. The molecule has 0 N–H and O–H groups in total. The van der Waals surface area contributed by atoms with Crippen molar-refractivity contribution < 1.29 is 9.21 Å². The number of likely N-dealkylation sites (tertiary alicyclic amines) is 1. The third-order valence-corrected chi connectivity index (χ3v) is 5.76. The first-order chi connectivity index (χ1) is 12.6. The Balaban J connectivity index is 1.54. The van der Waals surface area contributed by atoms with E-state index in [-0.39, 0.29) is 11.9 Å². The smallest absolute Gasteiger partial charge is 0.259 e. The molecule has 3 aromatic rings. The number of hydrogen-bond donors (Lipinski definition) is 0. The maximum atomic E-state index is 12.9. The Morgan fingerprint density at radius 1 is 1.31 bits per heavy atom. The van der Waals surface area contributed by atoms with E-state index in [4.69, 9.17) is 4.42 Å². The molecule has 26 heavy (non-hydrogen) atoms. The van der Waals surface area contributed by atoms with Crippen LogP contribution in [-0.2, 0) is 11.2 Å². The fraction of sp³-hybridized carbons (Fsp3) is 0.368. The second kappa shape index (κ2) is 6.99. The molecule has 1 unspecified atom stereocenters. The van der Waals surface area contributed by atoms with Crippen LogP contribution in [0.15, 0.2) is 34.2 Å². The van der Waals surface area contributed by atoms with Crippen molar-refractivity contribution >= 4 is 17.2 Å². The van der Waals surface area contributed by atoms with Gasteiger partial charge in [0.25, 0.3) is 5.89 Å². The van der Waals surface area contributed by atoms with Gasteiger partial charge in [0.1, 0.15) is 10.9 Å². The Kier molecular flexibility index (Phi) is 4.55. The summed E-state index contributed by atoms with van der Waals surface area (Å²) in [4.78, 5) is 19.9. The average molecular weight is 368 g/mol. The number of rotatable bonds is 4. The lowest BCUT2D eigenvalue weighted by Crippen LogP contribution is -2.32. The standard InChI is InChI=1S/C19H20N4O2S/c1-12-6-3-4-7-14(12)10-16(24)23-9-5-8-15(23)18-21-22-19(25-18)17-13(2)20-11-26-17/h3-4,6-7,11,15H,5,8-10H2,1-2H3. The van der Waals surface area contributed by atoms with Crippen LogP contribution in [0.3, 0.4) is 0 Å². The molecule has 1 aliphatic rings. The number of hydrogen-bond acceptors (Lipinski definition) is 6. The molecule has 1 fully saturated rings. The zero-order chi connectivity index (χ0) is 18.1. The van der Waals surface area contributed by atoms with Gasteiger partial charge >= 0.3 is 0 Å². The van der Waals surface area contributed by atoms with Crippen molar-refractivity contribution in [1.82, 2.24) is 20.1 Å². The number of thiazole rings is 1. The highest BCUT2D eigenvalue weighted by Crippen LogP contribution is 2.34. The lowest BCUT2D eigenvalue weighted by Gasteiger charge is -2.22. The zero-order valence-electron chi connectivity index (χ0n) is 14.8. The minimum atomic E-state index is -0.138. The van der Waals surface area contributed by atoms with E-state index in [1.54, 1.807) is 5.51 Å². The summed E-state index contributed by atoms with van der Waals surface area (Å²) in [5, 5.41) is 8.39. The molecule has 1 amide bonds. The average Bonchev–Trinajstić information content (AvgIpc) is 3.35. The highest BCUT2D eigenvalue weighted by molar-refractivity contribution is 7.13. The van der Waals surface area contributed by atoms with Crippen LogP contribution in [-0.4, -0.2) is 32.5 Å². The number of benzene rings is 1. The van der Waals surface area contributed by atoms with E-state index in [1.165, 1.54) is 11.3 Å². The lowest BCUT2D eigenvalue weighted by molar-refractivity contribution is -0.131. The van der Waals surface area contributed by atoms with Crippen LogP contribution in [0.25, 0.3) is 10.8 Å².